The minimum atomic E-state index is -0.647. The van der Waals surface area contributed by atoms with Gasteiger partial charge in [-0.05, 0) is 70.6 Å². The molecule has 18 heteroatoms. The standard InChI is InChI=1S/C39H43N13O5/c1-6-25-33(57-22(4)44-25)38(55)48-39-46-27-18-23(34(40)53)19-30(56-16-10-13-42-5)32(27)51(39)15-9-8-14-50-28-12-11-26(35(41)54)45-31(28)24-20-43-36(47-37(24)50)29-17-21(3)49-52(29)7-2/h8-9,11-12,17-20,42H,6-7,10,13-16H2,1-5H3,(H2,40,53)(H2,41,54)(H,46,48,55)/b9-8+. The first-order valence-corrected chi connectivity index (χ1v) is 18.6. The van der Waals surface area contributed by atoms with Gasteiger partial charge in [0, 0.05) is 38.3 Å². The van der Waals surface area contributed by atoms with Gasteiger partial charge in [-0.2, -0.15) is 5.10 Å². The fourth-order valence-corrected chi connectivity index (χ4v) is 6.73. The van der Waals surface area contributed by atoms with Gasteiger partial charge >= 0.3 is 0 Å². The Hall–Kier alpha value is -6.95. The quantitative estimate of drug-likeness (QED) is 0.0803. The Bertz CT molecular complexity index is 2700. The fraction of sp³-hybridized carbons (Fsp3) is 0.308. The first-order chi connectivity index (χ1) is 27.5. The molecule has 1 aromatic carbocycles. The number of fused-ring (bicyclic) bond motifs is 4. The number of rotatable bonds is 16. The van der Waals surface area contributed by atoms with Gasteiger partial charge in [0.1, 0.15) is 33.8 Å². The third-order valence-electron chi connectivity index (χ3n) is 9.36. The smallest absolute Gasteiger partial charge is 0.295 e. The van der Waals surface area contributed by atoms with Crippen LogP contribution in [0.1, 0.15) is 68.9 Å². The van der Waals surface area contributed by atoms with Gasteiger partial charge in [0.15, 0.2) is 11.7 Å². The predicted molar refractivity (Wildman–Crippen MR) is 213 cm³/mol. The number of nitrogens with one attached hydrogen (secondary N) is 2. The zero-order valence-corrected chi connectivity index (χ0v) is 32.3. The van der Waals surface area contributed by atoms with Gasteiger partial charge in [-0.25, -0.2) is 24.9 Å². The van der Waals surface area contributed by atoms with E-state index in [0.29, 0.717) is 89.8 Å². The Kier molecular flexibility index (Phi) is 10.8. The maximum Gasteiger partial charge on any atom is 0.295 e. The van der Waals surface area contributed by atoms with Crippen LogP contribution in [0, 0.1) is 13.8 Å². The van der Waals surface area contributed by atoms with Crippen LogP contribution in [0.2, 0.25) is 0 Å². The number of carbonyl (C=O) groups is 3. The predicted octanol–water partition coefficient (Wildman–Crippen LogP) is 4.07. The molecule has 57 heavy (non-hydrogen) atoms. The van der Waals surface area contributed by atoms with Gasteiger partial charge in [-0.1, -0.05) is 19.1 Å². The molecular weight excluding hydrogens is 731 g/mol. The summed E-state index contributed by atoms with van der Waals surface area (Å²) in [4.78, 5) is 61.4. The van der Waals surface area contributed by atoms with Gasteiger partial charge in [-0.3, -0.25) is 24.4 Å². The minimum absolute atomic E-state index is 0.0866. The molecule has 18 nitrogen and oxygen atoms in total. The molecule has 0 saturated heterocycles. The van der Waals surface area contributed by atoms with Crippen LogP contribution >= 0.6 is 0 Å². The summed E-state index contributed by atoms with van der Waals surface area (Å²) in [6.45, 7) is 9.74. The number of aryl methyl sites for hydroxylation is 4. The van der Waals surface area contributed by atoms with E-state index < -0.39 is 17.7 Å². The lowest BCUT2D eigenvalue weighted by Crippen LogP contribution is -2.17. The number of aromatic nitrogens is 9. The van der Waals surface area contributed by atoms with E-state index >= 15 is 0 Å². The van der Waals surface area contributed by atoms with Gasteiger partial charge in [0.2, 0.25) is 17.6 Å². The first kappa shape index (κ1) is 38.3. The van der Waals surface area contributed by atoms with Crippen molar-refractivity contribution in [3.8, 4) is 17.3 Å². The topological polar surface area (TPSA) is 242 Å². The molecular formula is C39H43N13O5. The summed E-state index contributed by atoms with van der Waals surface area (Å²) in [5, 5.41) is 11.2. The van der Waals surface area contributed by atoms with E-state index in [-0.39, 0.29) is 29.5 Å². The summed E-state index contributed by atoms with van der Waals surface area (Å²) in [6.07, 6.45) is 6.75. The molecule has 294 valence electrons. The largest absolute Gasteiger partial charge is 0.491 e. The highest BCUT2D eigenvalue weighted by Crippen LogP contribution is 2.32. The Labute approximate surface area is 326 Å². The molecule has 6 N–H and O–H groups in total. The molecule has 0 aliphatic rings. The monoisotopic (exact) mass is 773 g/mol. The van der Waals surface area contributed by atoms with E-state index in [9.17, 15) is 14.4 Å². The van der Waals surface area contributed by atoms with Crippen molar-refractivity contribution in [3.63, 3.8) is 0 Å². The molecule has 0 saturated carbocycles. The molecule has 7 rings (SSSR count). The summed E-state index contributed by atoms with van der Waals surface area (Å²) in [5.41, 5.74) is 16.6. The fourth-order valence-electron chi connectivity index (χ4n) is 6.73. The normalized spacial score (nSPS) is 11.7. The van der Waals surface area contributed by atoms with Crippen molar-refractivity contribution in [2.75, 3.05) is 25.5 Å². The molecule has 3 amide bonds. The number of nitrogens with zero attached hydrogens (tertiary/aromatic N) is 9. The van der Waals surface area contributed by atoms with Crippen molar-refractivity contribution in [2.45, 2.75) is 60.2 Å². The zero-order valence-electron chi connectivity index (χ0n) is 32.3. The molecule has 0 bridgehead atoms. The summed E-state index contributed by atoms with van der Waals surface area (Å²) in [7, 11) is 1.85. The summed E-state index contributed by atoms with van der Waals surface area (Å²) in [6, 6.07) is 8.46. The molecule has 7 aromatic rings. The molecule has 0 atom stereocenters. The number of carbonyl (C=O) groups excluding carboxylic acids is 3. The van der Waals surface area contributed by atoms with Crippen molar-refractivity contribution in [1.82, 2.24) is 49.2 Å². The average molecular weight is 774 g/mol. The number of allylic oxidation sites excluding steroid dienone is 2. The molecule has 0 unspecified atom stereocenters. The highest BCUT2D eigenvalue weighted by molar-refractivity contribution is 6.06. The first-order valence-electron chi connectivity index (χ1n) is 18.6. The van der Waals surface area contributed by atoms with E-state index in [1.807, 2.05) is 55.3 Å². The van der Waals surface area contributed by atoms with Gasteiger partial charge in [0.05, 0.1) is 34.4 Å². The molecule has 0 fully saturated rings. The number of benzene rings is 1. The Balaban J connectivity index is 1.30. The molecule has 0 radical (unpaired) electrons. The third-order valence-corrected chi connectivity index (χ3v) is 9.36. The number of nitrogens with two attached hydrogens (primary N) is 2. The SMILES string of the molecule is CCc1nc(C)oc1C(=O)Nc1nc2cc(C(N)=O)cc(OCCCNC)c2n1C/C=C/Cn1c2ccc(C(N)=O)nc2c2cnc(-c3cc(C)nn3CC)nc21. The van der Waals surface area contributed by atoms with Crippen LogP contribution in [-0.4, -0.2) is 81.8 Å². The maximum atomic E-state index is 13.6. The number of pyridine rings is 1. The van der Waals surface area contributed by atoms with Crippen molar-refractivity contribution in [2.24, 2.45) is 11.5 Å². The third kappa shape index (κ3) is 7.53. The van der Waals surface area contributed by atoms with Crippen molar-refractivity contribution >= 4 is 56.8 Å². The number of primary amides is 2. The number of imidazole rings is 1. The number of ether oxygens (including phenoxy) is 1. The summed E-state index contributed by atoms with van der Waals surface area (Å²) in [5.74, 6) is -0.301. The highest BCUT2D eigenvalue weighted by atomic mass is 16.5. The lowest BCUT2D eigenvalue weighted by atomic mass is 10.1. The second kappa shape index (κ2) is 16.0. The van der Waals surface area contributed by atoms with E-state index in [2.05, 4.69) is 30.7 Å². The van der Waals surface area contributed by atoms with E-state index in [4.69, 9.17) is 30.6 Å². The lowest BCUT2D eigenvalue weighted by molar-refractivity contribution is 0.0986. The number of amides is 3. The average Bonchev–Trinajstić information content (AvgIpc) is 3.95. The number of anilines is 1. The lowest BCUT2D eigenvalue weighted by Gasteiger charge is -2.13. The second-order valence-electron chi connectivity index (χ2n) is 13.3. The van der Waals surface area contributed by atoms with Crippen LogP contribution in [0.4, 0.5) is 5.95 Å². The summed E-state index contributed by atoms with van der Waals surface area (Å²) >= 11 is 0. The zero-order chi connectivity index (χ0) is 40.4. The van der Waals surface area contributed by atoms with E-state index in [1.54, 1.807) is 42.0 Å². The number of oxazole rings is 1. The van der Waals surface area contributed by atoms with Crippen LogP contribution in [0.15, 0.2) is 53.1 Å². The molecule has 0 aliphatic carbocycles. The van der Waals surface area contributed by atoms with Gasteiger partial charge in [-0.15, -0.1) is 0 Å². The van der Waals surface area contributed by atoms with Crippen LogP contribution < -0.4 is 26.8 Å². The van der Waals surface area contributed by atoms with Crippen molar-refractivity contribution < 1.29 is 23.5 Å². The van der Waals surface area contributed by atoms with Crippen LogP contribution in [0.5, 0.6) is 5.75 Å². The maximum absolute atomic E-state index is 13.6. The number of hydrogen-bond acceptors (Lipinski definition) is 12. The van der Waals surface area contributed by atoms with E-state index in [1.165, 1.54) is 0 Å². The minimum Gasteiger partial charge on any atom is -0.491 e. The van der Waals surface area contributed by atoms with Crippen molar-refractivity contribution in [1.29, 1.82) is 0 Å². The Morgan fingerprint density at radius 3 is 2.47 bits per heavy atom. The highest BCUT2D eigenvalue weighted by Gasteiger charge is 2.24. The summed E-state index contributed by atoms with van der Waals surface area (Å²) < 4.78 is 17.5. The second-order valence-corrected chi connectivity index (χ2v) is 13.3. The van der Waals surface area contributed by atoms with Gasteiger partial charge in [0.25, 0.3) is 11.8 Å². The molecule has 0 aliphatic heterocycles. The van der Waals surface area contributed by atoms with Crippen LogP contribution in [0.3, 0.4) is 0 Å². The van der Waals surface area contributed by atoms with Crippen molar-refractivity contribution in [3.05, 3.63) is 83.0 Å². The molecule has 6 aromatic heterocycles. The van der Waals surface area contributed by atoms with E-state index in [0.717, 1.165) is 16.9 Å². The van der Waals surface area contributed by atoms with Crippen LogP contribution in [-0.2, 0) is 26.1 Å². The van der Waals surface area contributed by atoms with Gasteiger partial charge < -0.3 is 35.1 Å². The van der Waals surface area contributed by atoms with Crippen LogP contribution in [0.25, 0.3) is 44.6 Å². The number of hydrogen-bond donors (Lipinski definition) is 4. The Morgan fingerprint density at radius 1 is 0.965 bits per heavy atom. The molecule has 0 spiro atoms. The molecule has 6 heterocycles. The Morgan fingerprint density at radius 2 is 1.75 bits per heavy atom.